The standard InChI is InChI=1S/C13H18O2.C7H12O.C3H8O.C3H8/c1-9-4-5-12(14-3)13(8-9)15-11-6-10(2)7-11;8-6-7-4-2-1-3-5-7;1-3(2)4;1-3-2/h4-5,8,10-11H,6-7H2,1-3H3;6-7H,1-5H2;3-4H,1-2H3;3H2,1-2H3. The average Bonchev–Trinajstić information content (AvgIpc) is 2.68. The molecule has 2 aliphatic carbocycles. The average molecular weight is 423 g/mol. The van der Waals surface area contributed by atoms with E-state index in [1.165, 1.54) is 31.2 Å². The first-order valence-corrected chi connectivity index (χ1v) is 11.7. The lowest BCUT2D eigenvalue weighted by atomic mass is 9.84. The lowest BCUT2D eigenvalue weighted by Crippen LogP contribution is -2.32. The number of aldehydes is 1. The van der Waals surface area contributed by atoms with Crippen molar-refractivity contribution in [1.82, 2.24) is 0 Å². The molecule has 4 heteroatoms. The lowest BCUT2D eigenvalue weighted by Gasteiger charge is -2.33. The first-order chi connectivity index (χ1) is 14.3. The van der Waals surface area contributed by atoms with Gasteiger partial charge in [-0.25, -0.2) is 0 Å². The van der Waals surface area contributed by atoms with Gasteiger partial charge in [0.05, 0.1) is 13.2 Å². The minimum absolute atomic E-state index is 0.167. The number of benzene rings is 1. The summed E-state index contributed by atoms with van der Waals surface area (Å²) in [5, 5.41) is 8.06. The molecule has 0 saturated heterocycles. The quantitative estimate of drug-likeness (QED) is 0.545. The van der Waals surface area contributed by atoms with Crippen molar-refractivity contribution in [3.05, 3.63) is 23.8 Å². The summed E-state index contributed by atoms with van der Waals surface area (Å²) < 4.78 is 11.2. The van der Waals surface area contributed by atoms with Crippen molar-refractivity contribution in [2.75, 3.05) is 7.11 Å². The zero-order valence-corrected chi connectivity index (χ0v) is 20.4. The van der Waals surface area contributed by atoms with E-state index in [0.717, 1.165) is 49.4 Å². The first-order valence-electron chi connectivity index (χ1n) is 11.7. The van der Waals surface area contributed by atoms with Gasteiger partial charge in [0.2, 0.25) is 0 Å². The van der Waals surface area contributed by atoms with Gasteiger partial charge in [0, 0.05) is 12.0 Å². The van der Waals surface area contributed by atoms with E-state index in [1.54, 1.807) is 21.0 Å². The van der Waals surface area contributed by atoms with Crippen LogP contribution in [0.15, 0.2) is 18.2 Å². The van der Waals surface area contributed by atoms with Crippen LogP contribution in [-0.4, -0.2) is 30.7 Å². The Bertz CT molecular complexity index is 541. The van der Waals surface area contributed by atoms with E-state index < -0.39 is 0 Å². The van der Waals surface area contributed by atoms with Crippen LogP contribution in [0.1, 0.15) is 91.5 Å². The highest BCUT2D eigenvalue weighted by molar-refractivity contribution is 5.53. The van der Waals surface area contributed by atoms with E-state index in [4.69, 9.17) is 14.6 Å². The Balaban J connectivity index is 0.000000470. The summed E-state index contributed by atoms with van der Waals surface area (Å²) in [5.74, 6) is 2.93. The van der Waals surface area contributed by atoms with Crippen LogP contribution in [0.2, 0.25) is 0 Å². The predicted molar refractivity (Wildman–Crippen MR) is 127 cm³/mol. The fourth-order valence-corrected chi connectivity index (χ4v) is 3.25. The molecule has 2 fully saturated rings. The zero-order valence-electron chi connectivity index (χ0n) is 20.4. The van der Waals surface area contributed by atoms with Crippen molar-refractivity contribution in [1.29, 1.82) is 0 Å². The van der Waals surface area contributed by atoms with E-state index in [-0.39, 0.29) is 6.10 Å². The highest BCUT2D eigenvalue weighted by atomic mass is 16.5. The van der Waals surface area contributed by atoms with Crippen molar-refractivity contribution >= 4 is 6.29 Å². The van der Waals surface area contributed by atoms with Gasteiger partial charge in [-0.05, 0) is 70.1 Å². The number of carbonyl (C=O) groups is 1. The molecule has 0 atom stereocenters. The molecule has 4 nitrogen and oxygen atoms in total. The van der Waals surface area contributed by atoms with Gasteiger partial charge < -0.3 is 19.4 Å². The Morgan fingerprint density at radius 1 is 1.10 bits per heavy atom. The van der Waals surface area contributed by atoms with Crippen LogP contribution < -0.4 is 9.47 Å². The molecular formula is C26H46O4. The predicted octanol–water partition coefficient (Wildman–Crippen LogP) is 6.75. The minimum Gasteiger partial charge on any atom is -0.493 e. The molecule has 0 unspecified atom stereocenters. The van der Waals surface area contributed by atoms with Crippen LogP contribution in [-0.2, 0) is 4.79 Å². The van der Waals surface area contributed by atoms with Gasteiger partial charge in [-0.3, -0.25) is 0 Å². The van der Waals surface area contributed by atoms with Crippen LogP contribution in [0.4, 0.5) is 0 Å². The van der Waals surface area contributed by atoms with Gasteiger partial charge in [0.1, 0.15) is 6.29 Å². The molecule has 0 aliphatic heterocycles. The SMILES string of the molecule is CC(C)O.CCC.COc1ccc(C)cc1OC1CC(C)C1.O=CC1CCCCC1. The number of aryl methyl sites for hydroxylation is 1. The number of carbonyl (C=O) groups excluding carboxylic acids is 1. The molecule has 1 N–H and O–H groups in total. The fourth-order valence-electron chi connectivity index (χ4n) is 3.25. The van der Waals surface area contributed by atoms with Gasteiger partial charge in [-0.15, -0.1) is 0 Å². The first kappa shape index (κ1) is 28.5. The van der Waals surface area contributed by atoms with Crippen molar-refractivity contribution < 1.29 is 19.4 Å². The highest BCUT2D eigenvalue weighted by Crippen LogP contribution is 2.35. The molecule has 0 spiro atoms. The van der Waals surface area contributed by atoms with Gasteiger partial charge >= 0.3 is 0 Å². The zero-order chi connectivity index (χ0) is 22.9. The lowest BCUT2D eigenvalue weighted by molar-refractivity contribution is -0.111. The molecule has 0 amide bonds. The highest BCUT2D eigenvalue weighted by Gasteiger charge is 2.27. The minimum atomic E-state index is -0.167. The summed E-state index contributed by atoms with van der Waals surface area (Å²) in [4.78, 5) is 10.2. The Labute approximate surface area is 185 Å². The molecule has 2 saturated carbocycles. The van der Waals surface area contributed by atoms with Crippen LogP contribution in [0, 0.1) is 18.8 Å². The van der Waals surface area contributed by atoms with E-state index in [1.807, 2.05) is 18.2 Å². The molecule has 0 bridgehead atoms. The Morgan fingerprint density at radius 2 is 1.63 bits per heavy atom. The summed E-state index contributed by atoms with van der Waals surface area (Å²) in [7, 11) is 1.68. The summed E-state index contributed by atoms with van der Waals surface area (Å²) >= 11 is 0. The maximum Gasteiger partial charge on any atom is 0.161 e. The van der Waals surface area contributed by atoms with E-state index in [9.17, 15) is 4.79 Å². The summed E-state index contributed by atoms with van der Waals surface area (Å²) in [6.07, 6.45) is 11.1. The van der Waals surface area contributed by atoms with Crippen LogP contribution >= 0.6 is 0 Å². The molecule has 0 aromatic heterocycles. The smallest absolute Gasteiger partial charge is 0.161 e. The Morgan fingerprint density at radius 3 is 2.03 bits per heavy atom. The molecule has 2 aliphatic rings. The third-order valence-electron chi connectivity index (χ3n) is 4.79. The van der Waals surface area contributed by atoms with Crippen LogP contribution in [0.5, 0.6) is 11.5 Å². The largest absolute Gasteiger partial charge is 0.493 e. The number of methoxy groups -OCH3 is 1. The second kappa shape index (κ2) is 17.2. The monoisotopic (exact) mass is 422 g/mol. The molecule has 174 valence electrons. The van der Waals surface area contributed by atoms with Gasteiger partial charge in [0.15, 0.2) is 11.5 Å². The second-order valence-electron chi connectivity index (χ2n) is 8.81. The summed E-state index contributed by atoms with van der Waals surface area (Å²) in [6, 6.07) is 6.05. The van der Waals surface area contributed by atoms with Crippen LogP contribution in [0.25, 0.3) is 0 Å². The van der Waals surface area contributed by atoms with E-state index in [0.29, 0.717) is 12.0 Å². The molecule has 1 aromatic rings. The number of ether oxygens (including phenoxy) is 2. The summed E-state index contributed by atoms with van der Waals surface area (Å²) in [6.45, 7) is 12.0. The Kier molecular flexibility index (Phi) is 16.3. The van der Waals surface area contributed by atoms with E-state index >= 15 is 0 Å². The molecule has 30 heavy (non-hydrogen) atoms. The number of hydrogen-bond donors (Lipinski definition) is 1. The number of rotatable bonds is 4. The third-order valence-corrected chi connectivity index (χ3v) is 4.79. The maximum atomic E-state index is 10.2. The normalized spacial score (nSPS) is 20.2. The number of hydrogen-bond acceptors (Lipinski definition) is 4. The van der Waals surface area contributed by atoms with Crippen LogP contribution in [0.3, 0.4) is 0 Å². The maximum absolute atomic E-state index is 10.2. The second-order valence-corrected chi connectivity index (χ2v) is 8.81. The van der Waals surface area contributed by atoms with Crippen molar-refractivity contribution in [3.63, 3.8) is 0 Å². The molecule has 0 heterocycles. The fraction of sp³-hybridized carbons (Fsp3) is 0.731. The molecule has 3 rings (SSSR count). The van der Waals surface area contributed by atoms with Gasteiger partial charge in [-0.1, -0.05) is 52.5 Å². The van der Waals surface area contributed by atoms with Gasteiger partial charge in [-0.2, -0.15) is 0 Å². The summed E-state index contributed by atoms with van der Waals surface area (Å²) in [5.41, 5.74) is 1.21. The number of aliphatic hydroxyl groups is 1. The molecular weight excluding hydrogens is 376 g/mol. The third kappa shape index (κ3) is 13.6. The topological polar surface area (TPSA) is 55.8 Å². The van der Waals surface area contributed by atoms with Gasteiger partial charge in [0.25, 0.3) is 0 Å². The van der Waals surface area contributed by atoms with Crippen molar-refractivity contribution in [2.45, 2.75) is 105 Å². The number of aliphatic hydroxyl groups excluding tert-OH is 1. The molecule has 0 radical (unpaired) electrons. The van der Waals surface area contributed by atoms with E-state index in [2.05, 4.69) is 27.7 Å². The molecule has 1 aromatic carbocycles. The van der Waals surface area contributed by atoms with Crippen molar-refractivity contribution in [3.8, 4) is 11.5 Å². The van der Waals surface area contributed by atoms with Crippen molar-refractivity contribution in [2.24, 2.45) is 11.8 Å². The Hall–Kier alpha value is -1.55.